The first-order valence-corrected chi connectivity index (χ1v) is 6.68. The lowest BCUT2D eigenvalue weighted by Gasteiger charge is -2.03. The largest absolute Gasteiger partial charge is 0.461 e. The van der Waals surface area contributed by atoms with E-state index >= 15 is 0 Å². The molecule has 0 radical (unpaired) electrons. The van der Waals surface area contributed by atoms with Crippen LogP contribution in [0.15, 0.2) is 29.6 Å². The van der Waals surface area contributed by atoms with Crippen LogP contribution in [0.2, 0.25) is 0 Å². The molecule has 0 saturated carbocycles. The Kier molecular flexibility index (Phi) is 4.41. The molecule has 0 spiro atoms. The van der Waals surface area contributed by atoms with Crippen molar-refractivity contribution in [3.63, 3.8) is 0 Å². The minimum Gasteiger partial charge on any atom is -0.461 e. The summed E-state index contributed by atoms with van der Waals surface area (Å²) in [7, 11) is 0. The maximum absolute atomic E-state index is 13.4. The smallest absolute Gasteiger partial charge is 0.367 e. The summed E-state index contributed by atoms with van der Waals surface area (Å²) >= 11 is 1.00. The molecule has 0 aliphatic rings. The Morgan fingerprint density at radius 2 is 2.15 bits per heavy atom. The van der Waals surface area contributed by atoms with Crippen LogP contribution in [0, 0.1) is 5.82 Å². The van der Waals surface area contributed by atoms with Gasteiger partial charge in [0.15, 0.2) is 0 Å². The summed E-state index contributed by atoms with van der Waals surface area (Å²) in [6.07, 6.45) is 0. The van der Waals surface area contributed by atoms with Gasteiger partial charge in [0.25, 0.3) is 5.91 Å². The van der Waals surface area contributed by atoms with Gasteiger partial charge in [0.05, 0.1) is 12.3 Å². The highest BCUT2D eigenvalue weighted by atomic mass is 32.1. The van der Waals surface area contributed by atoms with Gasteiger partial charge in [0, 0.05) is 5.38 Å². The summed E-state index contributed by atoms with van der Waals surface area (Å²) in [6.45, 7) is 1.91. The van der Waals surface area contributed by atoms with Gasteiger partial charge in [-0.05, 0) is 19.1 Å². The number of anilines is 1. The van der Waals surface area contributed by atoms with E-state index in [0.29, 0.717) is 0 Å². The van der Waals surface area contributed by atoms with Crippen molar-refractivity contribution < 1.29 is 18.7 Å². The van der Waals surface area contributed by atoms with Gasteiger partial charge < -0.3 is 10.1 Å². The third-order valence-corrected chi connectivity index (χ3v) is 3.13. The minimum absolute atomic E-state index is 0.0429. The van der Waals surface area contributed by atoms with Crippen LogP contribution in [-0.2, 0) is 4.74 Å². The van der Waals surface area contributed by atoms with Gasteiger partial charge in [0.1, 0.15) is 11.5 Å². The fraction of sp³-hybridized carbons (Fsp3) is 0.154. The molecule has 1 aromatic heterocycles. The first-order chi connectivity index (χ1) is 9.61. The average Bonchev–Trinajstić information content (AvgIpc) is 2.91. The van der Waals surface area contributed by atoms with E-state index in [1.807, 2.05) is 0 Å². The third kappa shape index (κ3) is 3.18. The topological polar surface area (TPSA) is 68.3 Å². The second kappa shape index (κ2) is 6.25. The lowest BCUT2D eigenvalue weighted by Crippen LogP contribution is -2.14. The number of nitrogens with zero attached hydrogens (tertiary/aromatic N) is 1. The highest BCUT2D eigenvalue weighted by Crippen LogP contribution is 2.16. The molecule has 0 fully saturated rings. The van der Waals surface area contributed by atoms with Gasteiger partial charge >= 0.3 is 5.97 Å². The van der Waals surface area contributed by atoms with Crippen LogP contribution in [0.25, 0.3) is 0 Å². The van der Waals surface area contributed by atoms with Crippen LogP contribution in [0.3, 0.4) is 0 Å². The van der Waals surface area contributed by atoms with Gasteiger partial charge in [0.2, 0.25) is 5.01 Å². The molecule has 1 amide bonds. The van der Waals surface area contributed by atoms with Crippen molar-refractivity contribution in [2.75, 3.05) is 11.9 Å². The van der Waals surface area contributed by atoms with Crippen molar-refractivity contribution in [3.05, 3.63) is 46.2 Å². The molecule has 0 bridgehead atoms. The van der Waals surface area contributed by atoms with Gasteiger partial charge in [-0.2, -0.15) is 0 Å². The highest BCUT2D eigenvalue weighted by Gasteiger charge is 2.17. The number of amides is 1. The predicted octanol–water partition coefficient (Wildman–Crippen LogP) is 2.71. The standard InChI is InChI=1S/C13H11FN2O3S/c1-2-19-13(18)12-16-10(7-20-12)11(17)15-9-6-4-3-5-8(9)14/h3-7H,2H2,1H3,(H,15,17). The Hall–Kier alpha value is -2.28. The van der Waals surface area contributed by atoms with Crippen LogP contribution in [-0.4, -0.2) is 23.5 Å². The Bertz CT molecular complexity index is 642. The Morgan fingerprint density at radius 1 is 1.40 bits per heavy atom. The molecule has 1 heterocycles. The van der Waals surface area contributed by atoms with E-state index in [9.17, 15) is 14.0 Å². The molecule has 0 aliphatic heterocycles. The number of hydrogen-bond donors (Lipinski definition) is 1. The van der Waals surface area contributed by atoms with Crippen LogP contribution < -0.4 is 5.32 Å². The van der Waals surface area contributed by atoms with E-state index in [1.165, 1.54) is 23.6 Å². The van der Waals surface area contributed by atoms with Gasteiger partial charge in [-0.3, -0.25) is 4.79 Å². The first-order valence-electron chi connectivity index (χ1n) is 5.80. The molecule has 104 valence electrons. The van der Waals surface area contributed by atoms with E-state index in [-0.39, 0.29) is 23.0 Å². The zero-order valence-electron chi connectivity index (χ0n) is 10.6. The second-order valence-corrected chi connectivity index (χ2v) is 4.55. The summed E-state index contributed by atoms with van der Waals surface area (Å²) in [5, 5.41) is 3.90. The summed E-state index contributed by atoms with van der Waals surface area (Å²) in [5.74, 6) is -1.70. The zero-order valence-corrected chi connectivity index (χ0v) is 11.4. The quantitative estimate of drug-likeness (QED) is 0.880. The van der Waals surface area contributed by atoms with E-state index in [4.69, 9.17) is 4.74 Å². The number of benzene rings is 1. The second-order valence-electron chi connectivity index (χ2n) is 3.69. The van der Waals surface area contributed by atoms with Crippen LogP contribution in [0.1, 0.15) is 27.2 Å². The van der Waals surface area contributed by atoms with E-state index in [0.717, 1.165) is 11.3 Å². The Labute approximate surface area is 118 Å². The number of carbonyl (C=O) groups excluding carboxylic acids is 2. The molecule has 0 atom stereocenters. The molecule has 20 heavy (non-hydrogen) atoms. The molecule has 5 nitrogen and oxygen atoms in total. The fourth-order valence-electron chi connectivity index (χ4n) is 1.41. The molecule has 1 N–H and O–H groups in total. The van der Waals surface area contributed by atoms with Crippen molar-refractivity contribution in [2.24, 2.45) is 0 Å². The number of hydrogen-bond acceptors (Lipinski definition) is 5. The average molecular weight is 294 g/mol. The minimum atomic E-state index is -0.582. The SMILES string of the molecule is CCOC(=O)c1nc(C(=O)Nc2ccccc2F)cs1. The fourth-order valence-corrected chi connectivity index (χ4v) is 2.10. The maximum atomic E-state index is 13.4. The number of halogens is 1. The van der Waals surface area contributed by atoms with E-state index in [1.54, 1.807) is 13.0 Å². The maximum Gasteiger partial charge on any atom is 0.367 e. The predicted molar refractivity (Wildman–Crippen MR) is 72.4 cm³/mol. The monoisotopic (exact) mass is 294 g/mol. The van der Waals surface area contributed by atoms with Crippen LogP contribution in [0.4, 0.5) is 10.1 Å². The Morgan fingerprint density at radius 3 is 2.85 bits per heavy atom. The lowest BCUT2D eigenvalue weighted by atomic mass is 10.3. The number of thiazole rings is 1. The third-order valence-electron chi connectivity index (χ3n) is 2.31. The molecule has 7 heteroatoms. The first kappa shape index (κ1) is 14.1. The number of carbonyl (C=O) groups is 2. The molecular formula is C13H11FN2O3S. The van der Waals surface area contributed by atoms with Crippen molar-refractivity contribution in [1.82, 2.24) is 4.98 Å². The number of aromatic nitrogens is 1. The van der Waals surface area contributed by atoms with Gasteiger partial charge in [-0.1, -0.05) is 12.1 Å². The van der Waals surface area contributed by atoms with Crippen LogP contribution >= 0.6 is 11.3 Å². The molecular weight excluding hydrogens is 283 g/mol. The number of ether oxygens (including phenoxy) is 1. The van der Waals surface area contributed by atoms with E-state index < -0.39 is 17.7 Å². The number of para-hydroxylation sites is 1. The van der Waals surface area contributed by atoms with Gasteiger partial charge in [-0.25, -0.2) is 14.2 Å². The zero-order chi connectivity index (χ0) is 14.5. The highest BCUT2D eigenvalue weighted by molar-refractivity contribution is 7.11. The van der Waals surface area contributed by atoms with Crippen molar-refractivity contribution in [1.29, 1.82) is 0 Å². The molecule has 1 aromatic carbocycles. The van der Waals surface area contributed by atoms with Gasteiger partial charge in [-0.15, -0.1) is 11.3 Å². The number of esters is 1. The van der Waals surface area contributed by atoms with Crippen LogP contribution in [0.5, 0.6) is 0 Å². The Balaban J connectivity index is 2.11. The molecule has 0 aliphatic carbocycles. The van der Waals surface area contributed by atoms with E-state index in [2.05, 4.69) is 10.3 Å². The summed E-state index contributed by atoms with van der Waals surface area (Å²) in [4.78, 5) is 27.2. The molecule has 2 aromatic rings. The summed E-state index contributed by atoms with van der Waals surface area (Å²) in [6, 6.07) is 5.79. The van der Waals surface area contributed by atoms with Crippen molar-refractivity contribution >= 4 is 28.9 Å². The summed E-state index contributed by atoms with van der Waals surface area (Å²) in [5.41, 5.74) is 0.101. The molecule has 0 saturated heterocycles. The number of rotatable bonds is 4. The van der Waals surface area contributed by atoms with Crippen molar-refractivity contribution in [3.8, 4) is 0 Å². The number of nitrogens with one attached hydrogen (secondary N) is 1. The summed E-state index contributed by atoms with van der Waals surface area (Å²) < 4.78 is 18.2. The molecule has 2 rings (SSSR count). The van der Waals surface area contributed by atoms with Crippen molar-refractivity contribution in [2.45, 2.75) is 6.92 Å². The normalized spacial score (nSPS) is 10.1. The lowest BCUT2D eigenvalue weighted by molar-refractivity contribution is 0.0526. The molecule has 0 unspecified atom stereocenters.